The SMILES string of the molecule is O=C(NCC(=O)N1CCCCC1)[C@@H]1CCCN1. The van der Waals surface area contributed by atoms with Crippen LogP contribution in [0.5, 0.6) is 0 Å². The van der Waals surface area contributed by atoms with Crippen molar-refractivity contribution in [2.75, 3.05) is 26.2 Å². The van der Waals surface area contributed by atoms with Crippen LogP contribution in [0.4, 0.5) is 0 Å². The number of carbonyl (C=O) groups is 2. The minimum atomic E-state index is -0.0934. The Morgan fingerprint density at radius 1 is 1.18 bits per heavy atom. The molecule has 0 saturated carbocycles. The Kier molecular flexibility index (Phi) is 4.36. The maximum absolute atomic E-state index is 11.8. The normalized spacial score (nSPS) is 24.7. The minimum absolute atomic E-state index is 0.0344. The average molecular weight is 239 g/mol. The van der Waals surface area contributed by atoms with Crippen molar-refractivity contribution in [2.24, 2.45) is 0 Å². The van der Waals surface area contributed by atoms with Gasteiger partial charge in [-0.05, 0) is 38.6 Å². The van der Waals surface area contributed by atoms with Crippen molar-refractivity contribution in [1.29, 1.82) is 0 Å². The number of likely N-dealkylation sites (tertiary alicyclic amines) is 1. The van der Waals surface area contributed by atoms with E-state index in [0.717, 1.165) is 45.3 Å². The van der Waals surface area contributed by atoms with E-state index in [-0.39, 0.29) is 24.4 Å². The number of piperidine rings is 1. The van der Waals surface area contributed by atoms with Gasteiger partial charge in [-0.2, -0.15) is 0 Å². The van der Waals surface area contributed by atoms with Gasteiger partial charge in [0.1, 0.15) is 0 Å². The van der Waals surface area contributed by atoms with Gasteiger partial charge < -0.3 is 15.5 Å². The number of nitrogens with zero attached hydrogens (tertiary/aromatic N) is 1. The predicted octanol–water partition coefficient (Wildman–Crippen LogP) is -0.133. The van der Waals surface area contributed by atoms with Gasteiger partial charge in [0, 0.05) is 13.1 Å². The van der Waals surface area contributed by atoms with Gasteiger partial charge >= 0.3 is 0 Å². The van der Waals surface area contributed by atoms with E-state index >= 15 is 0 Å². The molecule has 0 aromatic carbocycles. The first kappa shape index (κ1) is 12.4. The van der Waals surface area contributed by atoms with Gasteiger partial charge in [-0.25, -0.2) is 0 Å². The van der Waals surface area contributed by atoms with Crippen LogP contribution in [0, 0.1) is 0 Å². The lowest BCUT2D eigenvalue weighted by atomic mass is 10.1. The van der Waals surface area contributed by atoms with Gasteiger partial charge in [0.15, 0.2) is 0 Å². The lowest BCUT2D eigenvalue weighted by Gasteiger charge is -2.26. The fraction of sp³-hybridized carbons (Fsp3) is 0.833. The second-order valence-corrected chi connectivity index (χ2v) is 4.81. The number of hydrogen-bond donors (Lipinski definition) is 2. The summed E-state index contributed by atoms with van der Waals surface area (Å²) < 4.78 is 0. The summed E-state index contributed by atoms with van der Waals surface area (Å²) >= 11 is 0. The Morgan fingerprint density at radius 2 is 1.94 bits per heavy atom. The van der Waals surface area contributed by atoms with Crippen LogP contribution in [0.2, 0.25) is 0 Å². The predicted molar refractivity (Wildman–Crippen MR) is 64.5 cm³/mol. The highest BCUT2D eigenvalue weighted by Crippen LogP contribution is 2.08. The number of hydrogen-bond acceptors (Lipinski definition) is 3. The lowest BCUT2D eigenvalue weighted by molar-refractivity contribution is -0.133. The first-order valence-electron chi connectivity index (χ1n) is 6.56. The van der Waals surface area contributed by atoms with Crippen molar-refractivity contribution in [3.63, 3.8) is 0 Å². The van der Waals surface area contributed by atoms with Crippen LogP contribution in [0.1, 0.15) is 32.1 Å². The lowest BCUT2D eigenvalue weighted by Crippen LogP contribution is -2.46. The number of rotatable bonds is 3. The summed E-state index contributed by atoms with van der Waals surface area (Å²) in [6, 6.07) is -0.0934. The molecule has 2 fully saturated rings. The summed E-state index contributed by atoms with van der Waals surface area (Å²) in [5, 5.41) is 5.85. The van der Waals surface area contributed by atoms with E-state index in [4.69, 9.17) is 0 Å². The Hall–Kier alpha value is -1.10. The Morgan fingerprint density at radius 3 is 2.59 bits per heavy atom. The molecule has 2 saturated heterocycles. The molecule has 0 spiro atoms. The van der Waals surface area contributed by atoms with E-state index in [2.05, 4.69) is 10.6 Å². The molecule has 0 aromatic heterocycles. The van der Waals surface area contributed by atoms with Gasteiger partial charge in [0.05, 0.1) is 12.6 Å². The van der Waals surface area contributed by atoms with E-state index < -0.39 is 0 Å². The third-order valence-electron chi connectivity index (χ3n) is 3.50. The third-order valence-corrected chi connectivity index (χ3v) is 3.50. The van der Waals surface area contributed by atoms with Gasteiger partial charge in [0.25, 0.3) is 0 Å². The number of amides is 2. The standard InChI is InChI=1S/C12H21N3O2/c16-11(15-7-2-1-3-8-15)9-14-12(17)10-5-4-6-13-10/h10,13H,1-9H2,(H,14,17)/t10-/m0/s1. The fourth-order valence-electron chi connectivity index (χ4n) is 2.45. The van der Waals surface area contributed by atoms with Gasteiger partial charge in [-0.15, -0.1) is 0 Å². The summed E-state index contributed by atoms with van der Waals surface area (Å²) in [4.78, 5) is 25.3. The average Bonchev–Trinajstić information content (AvgIpc) is 2.90. The highest BCUT2D eigenvalue weighted by atomic mass is 16.2. The zero-order valence-electron chi connectivity index (χ0n) is 10.2. The first-order valence-corrected chi connectivity index (χ1v) is 6.56. The van der Waals surface area contributed by atoms with Crippen molar-refractivity contribution in [3.05, 3.63) is 0 Å². The Bertz CT molecular complexity index is 281. The molecule has 0 radical (unpaired) electrons. The minimum Gasteiger partial charge on any atom is -0.346 e. The molecule has 17 heavy (non-hydrogen) atoms. The maximum atomic E-state index is 11.8. The molecule has 2 amide bonds. The largest absolute Gasteiger partial charge is 0.346 e. The zero-order valence-corrected chi connectivity index (χ0v) is 10.2. The fourth-order valence-corrected chi connectivity index (χ4v) is 2.45. The molecular formula is C12H21N3O2. The van der Waals surface area contributed by atoms with Crippen LogP contribution in [-0.2, 0) is 9.59 Å². The van der Waals surface area contributed by atoms with E-state index in [9.17, 15) is 9.59 Å². The smallest absolute Gasteiger partial charge is 0.241 e. The van der Waals surface area contributed by atoms with E-state index in [1.54, 1.807) is 0 Å². The van der Waals surface area contributed by atoms with Crippen molar-refractivity contribution >= 4 is 11.8 Å². The van der Waals surface area contributed by atoms with Crippen LogP contribution in [0.25, 0.3) is 0 Å². The molecule has 1 atom stereocenters. The molecule has 2 aliphatic rings. The third kappa shape index (κ3) is 3.43. The maximum Gasteiger partial charge on any atom is 0.241 e. The summed E-state index contributed by atoms with van der Waals surface area (Å²) in [6.07, 6.45) is 5.30. The van der Waals surface area contributed by atoms with E-state index in [1.165, 1.54) is 6.42 Å². The van der Waals surface area contributed by atoms with Gasteiger partial charge in [-0.1, -0.05) is 0 Å². The summed E-state index contributed by atoms with van der Waals surface area (Å²) in [6.45, 7) is 2.74. The van der Waals surface area contributed by atoms with Crippen LogP contribution in [-0.4, -0.2) is 48.9 Å². The van der Waals surface area contributed by atoms with E-state index in [0.29, 0.717) is 0 Å². The second-order valence-electron chi connectivity index (χ2n) is 4.81. The van der Waals surface area contributed by atoms with Crippen molar-refractivity contribution in [2.45, 2.75) is 38.1 Å². The van der Waals surface area contributed by atoms with Crippen LogP contribution >= 0.6 is 0 Å². The highest BCUT2D eigenvalue weighted by molar-refractivity contribution is 5.87. The molecule has 2 heterocycles. The Labute approximate surface area is 102 Å². The summed E-state index contributed by atoms with van der Waals surface area (Å²) in [7, 11) is 0. The van der Waals surface area contributed by atoms with Gasteiger partial charge in [-0.3, -0.25) is 9.59 Å². The first-order chi connectivity index (χ1) is 8.27. The molecule has 0 unspecified atom stereocenters. The molecule has 5 nitrogen and oxygen atoms in total. The summed E-state index contributed by atoms with van der Waals surface area (Å²) in [5.41, 5.74) is 0. The van der Waals surface area contributed by atoms with Crippen LogP contribution < -0.4 is 10.6 Å². The van der Waals surface area contributed by atoms with Crippen molar-refractivity contribution < 1.29 is 9.59 Å². The molecule has 96 valence electrons. The topological polar surface area (TPSA) is 61.4 Å². The van der Waals surface area contributed by atoms with Crippen LogP contribution in [0.3, 0.4) is 0 Å². The molecule has 2 rings (SSSR count). The van der Waals surface area contributed by atoms with Gasteiger partial charge in [0.2, 0.25) is 11.8 Å². The molecule has 0 aliphatic carbocycles. The Balaban J connectivity index is 1.69. The highest BCUT2D eigenvalue weighted by Gasteiger charge is 2.23. The van der Waals surface area contributed by atoms with Crippen molar-refractivity contribution in [3.8, 4) is 0 Å². The van der Waals surface area contributed by atoms with E-state index in [1.807, 2.05) is 4.90 Å². The number of carbonyl (C=O) groups excluding carboxylic acids is 2. The molecule has 0 aromatic rings. The number of nitrogens with one attached hydrogen (secondary N) is 2. The van der Waals surface area contributed by atoms with Crippen LogP contribution in [0.15, 0.2) is 0 Å². The molecule has 2 N–H and O–H groups in total. The summed E-state index contributed by atoms with van der Waals surface area (Å²) in [5.74, 6) is 0.0175. The van der Waals surface area contributed by atoms with Crippen molar-refractivity contribution in [1.82, 2.24) is 15.5 Å². The molecule has 5 heteroatoms. The quantitative estimate of drug-likeness (QED) is 0.721. The molecule has 0 bridgehead atoms. The molecular weight excluding hydrogens is 218 g/mol. The monoisotopic (exact) mass is 239 g/mol. The molecule has 2 aliphatic heterocycles. The zero-order chi connectivity index (χ0) is 12.1. The second kappa shape index (κ2) is 6.00.